The van der Waals surface area contributed by atoms with Gasteiger partial charge in [0.2, 0.25) is 10.0 Å². The van der Waals surface area contributed by atoms with E-state index in [4.69, 9.17) is 5.73 Å². The van der Waals surface area contributed by atoms with Crippen LogP contribution in [0.4, 0.5) is 10.1 Å². The number of aromatic amines is 1. The molecule has 0 aliphatic carbocycles. The van der Waals surface area contributed by atoms with Crippen LogP contribution in [0, 0.1) is 12.7 Å². The second kappa shape index (κ2) is 5.22. The number of benzene rings is 1. The minimum Gasteiger partial charge on any atom is -0.398 e. The Morgan fingerprint density at radius 2 is 2.15 bits per heavy atom. The highest BCUT2D eigenvalue weighted by atomic mass is 32.2. The summed E-state index contributed by atoms with van der Waals surface area (Å²) in [5, 5.41) is 0. The summed E-state index contributed by atoms with van der Waals surface area (Å²) in [5.41, 5.74) is 6.38. The molecule has 8 heteroatoms. The normalized spacial score (nSPS) is 12.0. The van der Waals surface area contributed by atoms with Crippen LogP contribution in [0.1, 0.15) is 11.4 Å². The number of H-pyrrole nitrogens is 1. The third-order valence-corrected chi connectivity index (χ3v) is 4.75. The number of hydrogen-bond donors (Lipinski definition) is 2. The van der Waals surface area contributed by atoms with Crippen molar-refractivity contribution in [3.05, 3.63) is 41.7 Å². The molecule has 0 saturated heterocycles. The number of aromatic nitrogens is 2. The summed E-state index contributed by atoms with van der Waals surface area (Å²) >= 11 is 0. The van der Waals surface area contributed by atoms with Crippen LogP contribution in [0.2, 0.25) is 0 Å². The predicted octanol–water partition coefficient (Wildman–Crippen LogP) is 1.26. The molecule has 0 fully saturated rings. The van der Waals surface area contributed by atoms with Crippen molar-refractivity contribution >= 4 is 15.7 Å². The van der Waals surface area contributed by atoms with E-state index in [1.807, 2.05) is 0 Å². The molecule has 0 amide bonds. The summed E-state index contributed by atoms with van der Waals surface area (Å²) in [6.45, 7) is 1.63. The van der Waals surface area contributed by atoms with Crippen LogP contribution in [0.15, 0.2) is 29.4 Å². The van der Waals surface area contributed by atoms with E-state index in [9.17, 15) is 12.8 Å². The number of nitrogen functional groups attached to an aromatic ring is 1. The highest BCUT2D eigenvalue weighted by Gasteiger charge is 2.26. The van der Waals surface area contributed by atoms with Gasteiger partial charge in [0.25, 0.3) is 0 Å². The number of sulfonamides is 1. The maximum Gasteiger partial charge on any atom is 0.246 e. The molecule has 0 radical (unpaired) electrons. The van der Waals surface area contributed by atoms with E-state index in [2.05, 4.69) is 9.97 Å². The van der Waals surface area contributed by atoms with Crippen LogP contribution in [0.25, 0.3) is 0 Å². The van der Waals surface area contributed by atoms with Crippen molar-refractivity contribution in [3.8, 4) is 0 Å². The van der Waals surface area contributed by atoms with Gasteiger partial charge in [0.15, 0.2) is 0 Å². The molecule has 1 heterocycles. The van der Waals surface area contributed by atoms with Gasteiger partial charge in [-0.15, -0.1) is 0 Å². The molecule has 0 bridgehead atoms. The van der Waals surface area contributed by atoms with Gasteiger partial charge < -0.3 is 10.7 Å². The SMILES string of the molecule is Cc1cc(F)c(S(=O)(=O)N(C)Cc2ncc[nH]2)cc1N. The van der Waals surface area contributed by atoms with E-state index in [0.717, 1.165) is 16.4 Å². The molecule has 108 valence electrons. The summed E-state index contributed by atoms with van der Waals surface area (Å²) in [7, 11) is -2.61. The summed E-state index contributed by atoms with van der Waals surface area (Å²) in [4.78, 5) is 6.29. The molecular weight excluding hydrogens is 283 g/mol. The van der Waals surface area contributed by atoms with Crippen molar-refractivity contribution in [3.63, 3.8) is 0 Å². The van der Waals surface area contributed by atoms with Crippen LogP contribution >= 0.6 is 0 Å². The Labute approximate surface area is 116 Å². The lowest BCUT2D eigenvalue weighted by Crippen LogP contribution is -2.28. The van der Waals surface area contributed by atoms with E-state index < -0.39 is 20.7 Å². The van der Waals surface area contributed by atoms with Crippen LogP contribution < -0.4 is 5.73 Å². The lowest BCUT2D eigenvalue weighted by atomic mass is 10.2. The van der Waals surface area contributed by atoms with Gasteiger partial charge in [-0.2, -0.15) is 4.31 Å². The first-order valence-electron chi connectivity index (χ1n) is 5.82. The fourth-order valence-corrected chi connectivity index (χ4v) is 2.92. The zero-order valence-electron chi connectivity index (χ0n) is 11.1. The molecule has 1 aromatic carbocycles. The Kier molecular flexibility index (Phi) is 3.78. The first-order valence-corrected chi connectivity index (χ1v) is 7.26. The third-order valence-electron chi connectivity index (χ3n) is 2.94. The third kappa shape index (κ3) is 2.66. The highest BCUT2D eigenvalue weighted by molar-refractivity contribution is 7.89. The standard InChI is InChI=1S/C12H15FN4O2S/c1-8-5-9(13)11(6-10(8)14)20(18,19)17(2)7-12-15-3-4-16-12/h3-6H,7,14H2,1-2H3,(H,15,16). The van der Waals surface area contributed by atoms with Gasteiger partial charge in [0.1, 0.15) is 16.5 Å². The molecule has 0 saturated carbocycles. The largest absolute Gasteiger partial charge is 0.398 e. The fourth-order valence-electron chi connectivity index (χ4n) is 1.71. The molecule has 0 atom stereocenters. The summed E-state index contributed by atoms with van der Waals surface area (Å²) in [5.74, 6) is -0.348. The Hall–Kier alpha value is -1.93. The van der Waals surface area contributed by atoms with Gasteiger partial charge in [-0.05, 0) is 24.6 Å². The topological polar surface area (TPSA) is 92.1 Å². The van der Waals surface area contributed by atoms with Gasteiger partial charge >= 0.3 is 0 Å². The predicted molar refractivity (Wildman–Crippen MR) is 72.8 cm³/mol. The van der Waals surface area contributed by atoms with Crippen molar-refractivity contribution in [2.75, 3.05) is 12.8 Å². The van der Waals surface area contributed by atoms with Gasteiger partial charge in [-0.1, -0.05) is 0 Å². The lowest BCUT2D eigenvalue weighted by Gasteiger charge is -2.17. The second-order valence-corrected chi connectivity index (χ2v) is 6.45. The Morgan fingerprint density at radius 3 is 2.75 bits per heavy atom. The molecule has 6 nitrogen and oxygen atoms in total. The molecule has 3 N–H and O–H groups in total. The molecule has 0 aliphatic rings. The van der Waals surface area contributed by atoms with Gasteiger partial charge in [-0.25, -0.2) is 17.8 Å². The van der Waals surface area contributed by atoms with Crippen LogP contribution in [-0.2, 0) is 16.6 Å². The zero-order chi connectivity index (χ0) is 14.9. The first-order chi connectivity index (χ1) is 9.32. The maximum absolute atomic E-state index is 13.9. The summed E-state index contributed by atoms with van der Waals surface area (Å²) in [6, 6.07) is 2.25. The van der Waals surface area contributed by atoms with E-state index >= 15 is 0 Å². The molecule has 0 aliphatic heterocycles. The van der Waals surface area contributed by atoms with Crippen LogP contribution in [0.5, 0.6) is 0 Å². The minimum absolute atomic E-state index is 0.0164. The number of nitrogens with zero attached hydrogens (tertiary/aromatic N) is 2. The number of hydrogen-bond acceptors (Lipinski definition) is 4. The van der Waals surface area contributed by atoms with Crippen molar-refractivity contribution in [2.24, 2.45) is 0 Å². The van der Waals surface area contributed by atoms with Crippen molar-refractivity contribution < 1.29 is 12.8 Å². The number of aryl methyl sites for hydroxylation is 1. The Balaban J connectivity index is 2.37. The quantitative estimate of drug-likeness (QED) is 0.831. The Bertz CT molecular complexity index is 713. The van der Waals surface area contributed by atoms with Crippen LogP contribution in [-0.4, -0.2) is 29.7 Å². The molecule has 0 unspecified atom stereocenters. The molecule has 20 heavy (non-hydrogen) atoms. The van der Waals surface area contributed by atoms with E-state index in [1.165, 1.54) is 13.2 Å². The average molecular weight is 298 g/mol. The van der Waals surface area contributed by atoms with Gasteiger partial charge in [0.05, 0.1) is 6.54 Å². The smallest absolute Gasteiger partial charge is 0.246 e. The number of rotatable bonds is 4. The van der Waals surface area contributed by atoms with Gasteiger partial charge in [-0.3, -0.25) is 0 Å². The lowest BCUT2D eigenvalue weighted by molar-refractivity contribution is 0.452. The number of halogens is 1. The number of imidazole rings is 1. The first kappa shape index (κ1) is 14.5. The van der Waals surface area contributed by atoms with E-state index in [-0.39, 0.29) is 12.2 Å². The fraction of sp³-hybridized carbons (Fsp3) is 0.250. The number of anilines is 1. The molecule has 0 spiro atoms. The van der Waals surface area contributed by atoms with Crippen LogP contribution in [0.3, 0.4) is 0 Å². The van der Waals surface area contributed by atoms with E-state index in [1.54, 1.807) is 13.1 Å². The number of nitrogens with one attached hydrogen (secondary N) is 1. The van der Waals surface area contributed by atoms with E-state index in [0.29, 0.717) is 11.4 Å². The molecule has 2 aromatic rings. The average Bonchev–Trinajstić information content (AvgIpc) is 2.86. The minimum atomic E-state index is -3.97. The maximum atomic E-state index is 13.9. The zero-order valence-corrected chi connectivity index (χ0v) is 11.9. The monoisotopic (exact) mass is 298 g/mol. The molecule has 1 aromatic heterocycles. The van der Waals surface area contributed by atoms with Crippen molar-refractivity contribution in [1.29, 1.82) is 0 Å². The molecule has 2 rings (SSSR count). The highest BCUT2D eigenvalue weighted by Crippen LogP contribution is 2.24. The summed E-state index contributed by atoms with van der Waals surface area (Å²) < 4.78 is 39.6. The van der Waals surface area contributed by atoms with Crippen molar-refractivity contribution in [2.45, 2.75) is 18.4 Å². The van der Waals surface area contributed by atoms with Gasteiger partial charge in [0, 0.05) is 25.1 Å². The van der Waals surface area contributed by atoms with Crippen molar-refractivity contribution in [1.82, 2.24) is 14.3 Å². The second-order valence-electron chi connectivity index (χ2n) is 4.44. The molecular formula is C12H15FN4O2S. The number of nitrogens with two attached hydrogens (primary N) is 1. The summed E-state index contributed by atoms with van der Waals surface area (Å²) in [6.07, 6.45) is 3.10. The Morgan fingerprint density at radius 1 is 1.45 bits per heavy atom.